The summed E-state index contributed by atoms with van der Waals surface area (Å²) in [6.07, 6.45) is -0.406. The molecule has 32 heavy (non-hydrogen) atoms. The molecule has 1 fully saturated rings. The number of aromatic amines is 1. The molecule has 1 aliphatic heterocycles. The first-order valence-corrected chi connectivity index (χ1v) is 9.55. The van der Waals surface area contributed by atoms with Gasteiger partial charge in [0.25, 0.3) is 0 Å². The number of fused-ring (bicyclic) bond motifs is 1. The number of aliphatic carboxylic acids is 1. The summed E-state index contributed by atoms with van der Waals surface area (Å²) < 4.78 is 31.7. The second kappa shape index (κ2) is 9.18. The molecule has 11 nitrogen and oxygen atoms in total. The van der Waals surface area contributed by atoms with Crippen LogP contribution in [0.2, 0.25) is 5.15 Å². The predicted molar refractivity (Wildman–Crippen MR) is 107 cm³/mol. The fourth-order valence-corrected chi connectivity index (χ4v) is 3.17. The number of carboxylic acids is 1. The largest absolute Gasteiger partial charge is 0.490 e. The highest BCUT2D eigenvalue weighted by Crippen LogP contribution is 2.30. The summed E-state index contributed by atoms with van der Waals surface area (Å²) >= 11 is 6.10. The Morgan fingerprint density at radius 2 is 2.00 bits per heavy atom. The van der Waals surface area contributed by atoms with Gasteiger partial charge >= 0.3 is 12.1 Å². The smallest absolute Gasteiger partial charge is 0.475 e. The molecule has 4 heterocycles. The number of piperidine rings is 1. The highest BCUT2D eigenvalue weighted by atomic mass is 35.5. The summed E-state index contributed by atoms with van der Waals surface area (Å²) in [6, 6.07) is 1.75. The lowest BCUT2D eigenvalue weighted by Gasteiger charge is -2.38. The van der Waals surface area contributed by atoms with E-state index in [0.717, 1.165) is 5.82 Å². The number of nitrogens with two attached hydrogens (primary N) is 1. The topological polar surface area (TPSA) is 167 Å². The van der Waals surface area contributed by atoms with Crippen LogP contribution in [-0.2, 0) is 4.79 Å². The number of rotatable bonds is 3. The predicted octanol–water partition coefficient (Wildman–Crippen LogP) is 1.39. The number of alkyl halides is 3. The molecular formula is C17H18ClF3N8O3. The molecule has 0 aliphatic carbocycles. The average molecular weight is 475 g/mol. The first-order chi connectivity index (χ1) is 15.0. The number of aromatic nitrogens is 6. The van der Waals surface area contributed by atoms with Crippen LogP contribution in [0.5, 0.6) is 0 Å². The van der Waals surface area contributed by atoms with Crippen LogP contribution in [0.4, 0.5) is 19.0 Å². The summed E-state index contributed by atoms with van der Waals surface area (Å²) in [6.45, 7) is 1.43. The lowest BCUT2D eigenvalue weighted by molar-refractivity contribution is -0.192. The summed E-state index contributed by atoms with van der Waals surface area (Å²) in [7, 11) is 0. The second-order valence-electron chi connectivity index (χ2n) is 7.05. The van der Waals surface area contributed by atoms with E-state index in [1.165, 1.54) is 0 Å². The van der Waals surface area contributed by atoms with Gasteiger partial charge in [0.2, 0.25) is 5.65 Å². The third kappa shape index (κ3) is 5.20. The van der Waals surface area contributed by atoms with Gasteiger partial charge in [0.1, 0.15) is 11.3 Å². The number of aliphatic hydroxyl groups excluding tert-OH is 1. The maximum Gasteiger partial charge on any atom is 0.490 e. The first-order valence-electron chi connectivity index (χ1n) is 9.17. The van der Waals surface area contributed by atoms with Crippen molar-refractivity contribution in [2.24, 2.45) is 5.73 Å². The average Bonchev–Trinajstić information content (AvgIpc) is 3.17. The Balaban J connectivity index is 0.000000360. The van der Waals surface area contributed by atoms with Crippen molar-refractivity contribution in [2.45, 2.75) is 24.6 Å². The molecule has 1 saturated heterocycles. The molecule has 0 radical (unpaired) electrons. The number of halogens is 4. The van der Waals surface area contributed by atoms with Gasteiger partial charge in [-0.15, -0.1) is 5.10 Å². The molecule has 5 N–H and O–H groups in total. The van der Waals surface area contributed by atoms with Crippen molar-refractivity contribution in [3.63, 3.8) is 0 Å². The maximum atomic E-state index is 10.6. The van der Waals surface area contributed by atoms with Gasteiger partial charge in [-0.2, -0.15) is 23.4 Å². The van der Waals surface area contributed by atoms with Gasteiger partial charge in [0.15, 0.2) is 5.15 Å². The summed E-state index contributed by atoms with van der Waals surface area (Å²) in [4.78, 5) is 20.1. The van der Waals surface area contributed by atoms with Gasteiger partial charge in [0, 0.05) is 24.2 Å². The number of hydrogen-bond donors (Lipinski definition) is 4. The van der Waals surface area contributed by atoms with Crippen molar-refractivity contribution in [3.05, 3.63) is 23.6 Å². The van der Waals surface area contributed by atoms with Crippen LogP contribution in [0.3, 0.4) is 0 Å². The fourth-order valence-electron chi connectivity index (χ4n) is 2.97. The molecule has 3 aromatic heterocycles. The van der Waals surface area contributed by atoms with E-state index in [9.17, 15) is 18.3 Å². The Bertz CT molecular complexity index is 1100. The zero-order valence-electron chi connectivity index (χ0n) is 16.3. The number of aliphatic hydroxyl groups is 1. The van der Waals surface area contributed by atoms with Gasteiger partial charge in [-0.1, -0.05) is 11.6 Å². The quantitative estimate of drug-likeness (QED) is 0.435. The summed E-state index contributed by atoms with van der Waals surface area (Å²) in [5, 5.41) is 31.5. The van der Waals surface area contributed by atoms with Crippen LogP contribution in [0.15, 0.2) is 18.5 Å². The standard InChI is InChI=1S/C15H17ClN8O.C2HF3O2/c16-13-9(1-4-19-22-13)11-12-14(23-21-11)20-10(7-18-12)24-5-2-15(17,8-25)3-6-24;3-2(4,5)1(6)7/h1,4,7,25H,2-3,5-6,8,17H2,(H,20,21,23);(H,6,7). The molecule has 1 aliphatic rings. The van der Waals surface area contributed by atoms with Gasteiger partial charge in [-0.25, -0.2) is 14.8 Å². The Morgan fingerprint density at radius 1 is 1.34 bits per heavy atom. The number of hydrogen-bond acceptors (Lipinski definition) is 9. The number of nitrogens with zero attached hydrogens (tertiary/aromatic N) is 6. The Morgan fingerprint density at radius 3 is 2.56 bits per heavy atom. The Kier molecular flexibility index (Phi) is 6.76. The van der Waals surface area contributed by atoms with Gasteiger partial charge < -0.3 is 20.8 Å². The number of carbonyl (C=O) groups is 1. The normalized spacial score (nSPS) is 15.9. The third-order valence-electron chi connectivity index (χ3n) is 4.84. The second-order valence-corrected chi connectivity index (χ2v) is 7.40. The van der Waals surface area contributed by atoms with Crippen LogP contribution in [0.1, 0.15) is 12.8 Å². The van der Waals surface area contributed by atoms with Crippen molar-refractivity contribution in [1.29, 1.82) is 0 Å². The van der Waals surface area contributed by atoms with Crippen molar-refractivity contribution in [2.75, 3.05) is 24.6 Å². The maximum absolute atomic E-state index is 10.6. The lowest BCUT2D eigenvalue weighted by Crippen LogP contribution is -2.53. The molecule has 4 rings (SSSR count). The highest BCUT2D eigenvalue weighted by Gasteiger charge is 2.38. The minimum atomic E-state index is -5.08. The van der Waals surface area contributed by atoms with Crippen molar-refractivity contribution in [3.8, 4) is 11.3 Å². The van der Waals surface area contributed by atoms with E-state index in [0.29, 0.717) is 48.4 Å². The SMILES string of the molecule is NC1(CO)CCN(c2cnc3c(-c4ccnnc4Cl)[nH]nc3n2)CC1.O=C(O)C(F)(F)F. The van der Waals surface area contributed by atoms with Crippen LogP contribution < -0.4 is 10.6 Å². The Labute approximate surface area is 183 Å². The molecule has 15 heteroatoms. The van der Waals surface area contributed by atoms with E-state index in [2.05, 4.69) is 35.3 Å². The number of nitrogens with one attached hydrogen (secondary N) is 1. The van der Waals surface area contributed by atoms with Crippen LogP contribution in [0, 0.1) is 0 Å². The number of H-pyrrole nitrogens is 1. The number of carboxylic acid groups (broad SMARTS) is 1. The molecule has 3 aromatic rings. The van der Waals surface area contributed by atoms with Crippen molar-refractivity contribution < 1.29 is 28.2 Å². The van der Waals surface area contributed by atoms with E-state index >= 15 is 0 Å². The number of anilines is 1. The van der Waals surface area contributed by atoms with Crippen LogP contribution >= 0.6 is 11.6 Å². The Hall–Kier alpha value is -3.10. The van der Waals surface area contributed by atoms with E-state index in [-0.39, 0.29) is 11.8 Å². The van der Waals surface area contributed by atoms with Gasteiger partial charge in [-0.3, -0.25) is 5.10 Å². The first kappa shape index (κ1) is 23.6. The van der Waals surface area contributed by atoms with Crippen molar-refractivity contribution >= 4 is 34.6 Å². The molecule has 0 atom stereocenters. The minimum Gasteiger partial charge on any atom is -0.475 e. The molecule has 0 amide bonds. The van der Waals surface area contributed by atoms with E-state index < -0.39 is 17.7 Å². The summed E-state index contributed by atoms with van der Waals surface area (Å²) in [5.41, 5.74) is 8.08. The lowest BCUT2D eigenvalue weighted by atomic mass is 9.90. The van der Waals surface area contributed by atoms with E-state index in [1.54, 1.807) is 18.5 Å². The summed E-state index contributed by atoms with van der Waals surface area (Å²) in [5.74, 6) is -2.02. The minimum absolute atomic E-state index is 0.00495. The van der Waals surface area contributed by atoms with Crippen molar-refractivity contribution in [1.82, 2.24) is 30.4 Å². The third-order valence-corrected chi connectivity index (χ3v) is 5.12. The molecule has 172 valence electrons. The zero-order chi connectivity index (χ0) is 23.5. The molecule has 0 saturated carbocycles. The van der Waals surface area contributed by atoms with E-state index in [4.69, 9.17) is 27.2 Å². The molecule has 0 unspecified atom stereocenters. The van der Waals surface area contributed by atoms with Gasteiger partial charge in [-0.05, 0) is 18.9 Å². The fraction of sp³-hybridized carbons (Fsp3) is 0.412. The van der Waals surface area contributed by atoms with Crippen LogP contribution in [-0.4, -0.2) is 78.0 Å². The zero-order valence-corrected chi connectivity index (χ0v) is 17.1. The molecule has 0 spiro atoms. The molecule has 0 aromatic carbocycles. The molecule has 0 bridgehead atoms. The monoisotopic (exact) mass is 474 g/mol. The highest BCUT2D eigenvalue weighted by molar-refractivity contribution is 6.32. The van der Waals surface area contributed by atoms with Crippen LogP contribution in [0.25, 0.3) is 22.4 Å². The van der Waals surface area contributed by atoms with Gasteiger partial charge in [0.05, 0.1) is 24.7 Å². The van der Waals surface area contributed by atoms with E-state index in [1.807, 2.05) is 0 Å². The molecular weight excluding hydrogens is 457 g/mol.